The Balaban J connectivity index is 1.99. The summed E-state index contributed by atoms with van der Waals surface area (Å²) in [5.41, 5.74) is 0. The van der Waals surface area contributed by atoms with Gasteiger partial charge in [-0.2, -0.15) is 0 Å². The molecule has 96 valence electrons. The fourth-order valence-corrected chi connectivity index (χ4v) is 2.16. The smallest absolute Gasteiger partial charge is 0.0594 e. The number of hydrogen-bond donors (Lipinski definition) is 1. The molecule has 16 heavy (non-hydrogen) atoms. The summed E-state index contributed by atoms with van der Waals surface area (Å²) < 4.78 is 5.75. The minimum Gasteiger partial charge on any atom is -0.377 e. The Hall–Kier alpha value is -0.0800. The molecule has 0 radical (unpaired) electrons. The van der Waals surface area contributed by atoms with Crippen molar-refractivity contribution in [3.8, 4) is 0 Å². The molecular formula is C14H29NO. The lowest BCUT2D eigenvalue weighted by atomic mass is 9.87. The first kappa shape index (κ1) is 14.0. The lowest BCUT2D eigenvalue weighted by Gasteiger charge is -2.27. The molecule has 1 rings (SSSR count). The molecule has 1 saturated carbocycles. The molecule has 0 heterocycles. The van der Waals surface area contributed by atoms with Crippen LogP contribution < -0.4 is 5.32 Å². The highest BCUT2D eigenvalue weighted by Crippen LogP contribution is 2.23. The zero-order valence-electron chi connectivity index (χ0n) is 11.5. The SMILES string of the molecule is CC1CCC(NCCOC(C)C(C)C)CC1. The molecule has 1 fully saturated rings. The van der Waals surface area contributed by atoms with E-state index >= 15 is 0 Å². The molecule has 0 aromatic rings. The van der Waals surface area contributed by atoms with E-state index < -0.39 is 0 Å². The first-order valence-electron chi connectivity index (χ1n) is 6.94. The van der Waals surface area contributed by atoms with Crippen molar-refractivity contribution in [1.82, 2.24) is 5.32 Å². The molecule has 0 aliphatic heterocycles. The molecule has 1 atom stereocenters. The summed E-state index contributed by atoms with van der Waals surface area (Å²) in [5, 5.41) is 3.61. The molecule has 0 aromatic heterocycles. The summed E-state index contributed by atoms with van der Waals surface area (Å²) in [6, 6.07) is 0.745. The Morgan fingerprint density at radius 2 is 1.75 bits per heavy atom. The van der Waals surface area contributed by atoms with Gasteiger partial charge in [-0.25, -0.2) is 0 Å². The van der Waals surface area contributed by atoms with Gasteiger partial charge in [-0.1, -0.05) is 20.8 Å². The minimum atomic E-state index is 0.383. The number of nitrogens with one attached hydrogen (secondary N) is 1. The number of hydrogen-bond acceptors (Lipinski definition) is 2. The van der Waals surface area contributed by atoms with Gasteiger partial charge >= 0.3 is 0 Å². The molecule has 2 heteroatoms. The first-order chi connectivity index (χ1) is 7.59. The highest BCUT2D eigenvalue weighted by atomic mass is 16.5. The fraction of sp³-hybridized carbons (Fsp3) is 1.00. The van der Waals surface area contributed by atoms with Gasteiger partial charge in [0.15, 0.2) is 0 Å². The molecule has 2 nitrogen and oxygen atoms in total. The highest BCUT2D eigenvalue weighted by Gasteiger charge is 2.17. The van der Waals surface area contributed by atoms with Gasteiger partial charge in [-0.15, -0.1) is 0 Å². The van der Waals surface area contributed by atoms with Crippen LogP contribution in [-0.2, 0) is 4.74 Å². The van der Waals surface area contributed by atoms with Crippen molar-refractivity contribution >= 4 is 0 Å². The summed E-state index contributed by atoms with van der Waals surface area (Å²) in [4.78, 5) is 0. The van der Waals surface area contributed by atoms with E-state index in [-0.39, 0.29) is 0 Å². The highest BCUT2D eigenvalue weighted by molar-refractivity contribution is 4.74. The zero-order valence-corrected chi connectivity index (χ0v) is 11.5. The Kier molecular flexibility index (Phi) is 6.37. The quantitative estimate of drug-likeness (QED) is 0.704. The van der Waals surface area contributed by atoms with Gasteiger partial charge in [0.2, 0.25) is 0 Å². The standard InChI is InChI=1S/C14H29NO/c1-11(2)13(4)16-10-9-15-14-7-5-12(3)6-8-14/h11-15H,5-10H2,1-4H3. The van der Waals surface area contributed by atoms with Gasteiger partial charge in [-0.05, 0) is 44.4 Å². The second-order valence-corrected chi connectivity index (χ2v) is 5.73. The third-order valence-electron chi connectivity index (χ3n) is 3.87. The third-order valence-corrected chi connectivity index (χ3v) is 3.87. The summed E-state index contributed by atoms with van der Waals surface area (Å²) in [7, 11) is 0. The van der Waals surface area contributed by atoms with Crippen molar-refractivity contribution in [1.29, 1.82) is 0 Å². The van der Waals surface area contributed by atoms with Crippen LogP contribution in [0.2, 0.25) is 0 Å². The van der Waals surface area contributed by atoms with Crippen LogP contribution in [0, 0.1) is 11.8 Å². The van der Waals surface area contributed by atoms with E-state index in [9.17, 15) is 0 Å². The van der Waals surface area contributed by atoms with Crippen LogP contribution in [0.4, 0.5) is 0 Å². The van der Waals surface area contributed by atoms with Crippen molar-refractivity contribution in [2.24, 2.45) is 11.8 Å². The molecule has 0 amide bonds. The van der Waals surface area contributed by atoms with Gasteiger partial charge in [0, 0.05) is 12.6 Å². The summed E-state index contributed by atoms with van der Waals surface area (Å²) >= 11 is 0. The predicted molar refractivity (Wildman–Crippen MR) is 69.7 cm³/mol. The van der Waals surface area contributed by atoms with Crippen LogP contribution in [0.15, 0.2) is 0 Å². The van der Waals surface area contributed by atoms with E-state index in [2.05, 4.69) is 33.0 Å². The normalized spacial score (nSPS) is 28.3. The van der Waals surface area contributed by atoms with Gasteiger partial charge < -0.3 is 10.1 Å². The van der Waals surface area contributed by atoms with Crippen molar-refractivity contribution in [2.75, 3.05) is 13.2 Å². The molecule has 0 aromatic carbocycles. The maximum absolute atomic E-state index is 5.75. The fourth-order valence-electron chi connectivity index (χ4n) is 2.16. The lowest BCUT2D eigenvalue weighted by molar-refractivity contribution is 0.0357. The average Bonchev–Trinajstić information content (AvgIpc) is 2.26. The number of ether oxygens (including phenoxy) is 1. The Labute approximate surface area is 101 Å². The van der Waals surface area contributed by atoms with Crippen LogP contribution in [0.5, 0.6) is 0 Å². The Morgan fingerprint density at radius 3 is 2.31 bits per heavy atom. The molecule has 1 unspecified atom stereocenters. The monoisotopic (exact) mass is 227 g/mol. The largest absolute Gasteiger partial charge is 0.377 e. The Bertz CT molecular complexity index is 174. The second-order valence-electron chi connectivity index (χ2n) is 5.73. The second kappa shape index (κ2) is 7.29. The topological polar surface area (TPSA) is 21.3 Å². The molecule has 1 aliphatic carbocycles. The van der Waals surface area contributed by atoms with E-state index in [0.717, 1.165) is 25.1 Å². The first-order valence-corrected chi connectivity index (χ1v) is 6.94. The van der Waals surface area contributed by atoms with E-state index in [4.69, 9.17) is 4.74 Å². The van der Waals surface area contributed by atoms with Crippen molar-refractivity contribution in [2.45, 2.75) is 65.5 Å². The average molecular weight is 227 g/mol. The van der Waals surface area contributed by atoms with Gasteiger partial charge in [-0.3, -0.25) is 0 Å². The maximum atomic E-state index is 5.75. The Morgan fingerprint density at radius 1 is 1.12 bits per heavy atom. The van der Waals surface area contributed by atoms with E-state index in [1.165, 1.54) is 25.7 Å². The predicted octanol–water partition coefficient (Wildman–Crippen LogP) is 3.22. The number of rotatable bonds is 6. The summed E-state index contributed by atoms with van der Waals surface area (Å²) in [5.74, 6) is 1.56. The molecule has 0 saturated heterocycles. The molecule has 0 bridgehead atoms. The van der Waals surface area contributed by atoms with Crippen molar-refractivity contribution < 1.29 is 4.74 Å². The molecule has 1 aliphatic rings. The van der Waals surface area contributed by atoms with Crippen LogP contribution >= 0.6 is 0 Å². The van der Waals surface area contributed by atoms with Crippen molar-refractivity contribution in [3.05, 3.63) is 0 Å². The van der Waals surface area contributed by atoms with Gasteiger partial charge in [0.25, 0.3) is 0 Å². The van der Waals surface area contributed by atoms with Crippen molar-refractivity contribution in [3.63, 3.8) is 0 Å². The van der Waals surface area contributed by atoms with E-state index in [1.54, 1.807) is 0 Å². The summed E-state index contributed by atoms with van der Waals surface area (Å²) in [6.45, 7) is 10.8. The van der Waals surface area contributed by atoms with Crippen LogP contribution in [0.1, 0.15) is 53.4 Å². The summed E-state index contributed by atoms with van der Waals surface area (Å²) in [6.07, 6.45) is 5.86. The molecule has 0 spiro atoms. The minimum absolute atomic E-state index is 0.383. The van der Waals surface area contributed by atoms with Crippen LogP contribution in [0.3, 0.4) is 0 Å². The van der Waals surface area contributed by atoms with E-state index in [0.29, 0.717) is 12.0 Å². The molecule has 1 N–H and O–H groups in total. The van der Waals surface area contributed by atoms with E-state index in [1.807, 2.05) is 0 Å². The zero-order chi connectivity index (χ0) is 12.0. The van der Waals surface area contributed by atoms with Gasteiger partial charge in [0.05, 0.1) is 12.7 Å². The van der Waals surface area contributed by atoms with Crippen LogP contribution in [0.25, 0.3) is 0 Å². The van der Waals surface area contributed by atoms with Gasteiger partial charge in [0.1, 0.15) is 0 Å². The maximum Gasteiger partial charge on any atom is 0.0594 e. The third kappa shape index (κ3) is 5.31. The molecular weight excluding hydrogens is 198 g/mol. The lowest BCUT2D eigenvalue weighted by Crippen LogP contribution is -2.35. The van der Waals surface area contributed by atoms with Crippen LogP contribution in [-0.4, -0.2) is 25.3 Å².